The van der Waals surface area contributed by atoms with Crippen LogP contribution in [0.5, 0.6) is 0 Å². The minimum atomic E-state index is -0.186. The second kappa shape index (κ2) is 5.83. The molecule has 0 aromatic heterocycles. The number of aliphatic hydroxyl groups excluding tert-OH is 1. The second-order valence-corrected chi connectivity index (χ2v) is 3.94. The van der Waals surface area contributed by atoms with Crippen LogP contribution in [0.2, 0.25) is 0 Å². The van der Waals surface area contributed by atoms with Gasteiger partial charge in [0, 0.05) is 24.8 Å². The fraction of sp³-hybridized carbons (Fsp3) is 0.500. The number of halogens is 1. The third-order valence-electron chi connectivity index (χ3n) is 2.46. The Hall–Kier alpha value is -0.930. The Balaban J connectivity index is 2.54. The van der Waals surface area contributed by atoms with Crippen LogP contribution in [-0.4, -0.2) is 18.3 Å². The molecule has 0 aliphatic heterocycles. The SMILES string of the molecule is CC(CO)CNC(C)c1ccccc1F. The van der Waals surface area contributed by atoms with E-state index in [0.717, 1.165) is 0 Å². The van der Waals surface area contributed by atoms with Gasteiger partial charge in [0.1, 0.15) is 5.82 Å². The Morgan fingerprint density at radius 3 is 2.60 bits per heavy atom. The summed E-state index contributed by atoms with van der Waals surface area (Å²) < 4.78 is 13.4. The highest BCUT2D eigenvalue weighted by atomic mass is 19.1. The van der Waals surface area contributed by atoms with Gasteiger partial charge in [-0.1, -0.05) is 25.1 Å². The topological polar surface area (TPSA) is 32.3 Å². The third-order valence-corrected chi connectivity index (χ3v) is 2.46. The fourth-order valence-corrected chi connectivity index (χ4v) is 1.38. The molecule has 0 aliphatic carbocycles. The van der Waals surface area contributed by atoms with Gasteiger partial charge in [-0.25, -0.2) is 4.39 Å². The first kappa shape index (κ1) is 12.1. The van der Waals surface area contributed by atoms with E-state index in [1.165, 1.54) is 6.07 Å². The van der Waals surface area contributed by atoms with Gasteiger partial charge < -0.3 is 10.4 Å². The van der Waals surface area contributed by atoms with Gasteiger partial charge >= 0.3 is 0 Å². The maximum absolute atomic E-state index is 13.4. The molecule has 1 rings (SSSR count). The number of hydrogen-bond acceptors (Lipinski definition) is 2. The summed E-state index contributed by atoms with van der Waals surface area (Å²) in [5.41, 5.74) is 0.669. The largest absolute Gasteiger partial charge is 0.396 e. The lowest BCUT2D eigenvalue weighted by molar-refractivity contribution is 0.230. The summed E-state index contributed by atoms with van der Waals surface area (Å²) >= 11 is 0. The maximum Gasteiger partial charge on any atom is 0.127 e. The predicted molar refractivity (Wildman–Crippen MR) is 59.1 cm³/mol. The van der Waals surface area contributed by atoms with E-state index >= 15 is 0 Å². The number of nitrogens with one attached hydrogen (secondary N) is 1. The standard InChI is InChI=1S/C12H18FNO/c1-9(8-15)7-14-10(2)11-5-3-4-6-12(11)13/h3-6,9-10,14-15H,7-8H2,1-2H3. The van der Waals surface area contributed by atoms with Crippen molar-refractivity contribution in [3.8, 4) is 0 Å². The molecule has 3 heteroatoms. The highest BCUT2D eigenvalue weighted by Crippen LogP contribution is 2.15. The molecule has 2 nitrogen and oxygen atoms in total. The number of rotatable bonds is 5. The van der Waals surface area contributed by atoms with E-state index in [0.29, 0.717) is 12.1 Å². The number of hydrogen-bond donors (Lipinski definition) is 2. The molecule has 0 saturated heterocycles. The van der Waals surface area contributed by atoms with Crippen molar-refractivity contribution in [2.24, 2.45) is 5.92 Å². The molecule has 15 heavy (non-hydrogen) atoms. The van der Waals surface area contributed by atoms with Crippen LogP contribution < -0.4 is 5.32 Å². The van der Waals surface area contributed by atoms with E-state index in [9.17, 15) is 4.39 Å². The molecule has 0 fully saturated rings. The van der Waals surface area contributed by atoms with Crippen LogP contribution in [0, 0.1) is 11.7 Å². The van der Waals surface area contributed by atoms with Gasteiger partial charge in [-0.2, -0.15) is 0 Å². The Morgan fingerprint density at radius 2 is 2.00 bits per heavy atom. The van der Waals surface area contributed by atoms with Gasteiger partial charge in [0.2, 0.25) is 0 Å². The summed E-state index contributed by atoms with van der Waals surface area (Å²) in [6.45, 7) is 4.70. The van der Waals surface area contributed by atoms with Gasteiger partial charge in [-0.15, -0.1) is 0 Å². The normalized spacial score (nSPS) is 14.9. The molecule has 0 saturated carbocycles. The molecule has 1 aromatic rings. The molecule has 2 atom stereocenters. The monoisotopic (exact) mass is 211 g/mol. The van der Waals surface area contributed by atoms with Crippen molar-refractivity contribution in [2.75, 3.05) is 13.2 Å². The lowest BCUT2D eigenvalue weighted by Crippen LogP contribution is -2.26. The number of benzene rings is 1. The Kier molecular flexibility index (Phi) is 4.72. The van der Waals surface area contributed by atoms with Crippen LogP contribution in [0.1, 0.15) is 25.5 Å². The van der Waals surface area contributed by atoms with Gasteiger partial charge in [-0.3, -0.25) is 0 Å². The molecule has 84 valence electrons. The van der Waals surface area contributed by atoms with Crippen molar-refractivity contribution in [3.05, 3.63) is 35.6 Å². The lowest BCUT2D eigenvalue weighted by Gasteiger charge is -2.17. The average molecular weight is 211 g/mol. The van der Waals surface area contributed by atoms with Gasteiger partial charge in [0.05, 0.1) is 0 Å². The zero-order valence-electron chi connectivity index (χ0n) is 9.20. The average Bonchev–Trinajstić information content (AvgIpc) is 2.26. The van der Waals surface area contributed by atoms with Crippen LogP contribution in [0.3, 0.4) is 0 Å². The molecule has 0 spiro atoms. The molecule has 0 bridgehead atoms. The zero-order chi connectivity index (χ0) is 11.3. The highest BCUT2D eigenvalue weighted by molar-refractivity contribution is 5.20. The molecular formula is C12H18FNO. The first-order valence-electron chi connectivity index (χ1n) is 5.23. The summed E-state index contributed by atoms with van der Waals surface area (Å²) in [6, 6.07) is 6.72. The molecule has 0 radical (unpaired) electrons. The molecule has 1 aromatic carbocycles. The maximum atomic E-state index is 13.4. The summed E-state index contributed by atoms with van der Waals surface area (Å²) in [5, 5.41) is 12.0. The van der Waals surface area contributed by atoms with Crippen LogP contribution in [0.25, 0.3) is 0 Å². The minimum absolute atomic E-state index is 0.0276. The lowest BCUT2D eigenvalue weighted by atomic mass is 10.1. The summed E-state index contributed by atoms with van der Waals surface area (Å²) in [7, 11) is 0. The third kappa shape index (κ3) is 3.61. The molecular weight excluding hydrogens is 193 g/mol. The molecule has 2 unspecified atom stereocenters. The van der Waals surface area contributed by atoms with Gasteiger partial charge in [0.25, 0.3) is 0 Å². The summed E-state index contributed by atoms with van der Waals surface area (Å²) in [5.74, 6) is 0.00775. The molecule has 0 aliphatic rings. The van der Waals surface area contributed by atoms with Crippen molar-refractivity contribution in [2.45, 2.75) is 19.9 Å². The zero-order valence-corrected chi connectivity index (χ0v) is 9.20. The first-order valence-corrected chi connectivity index (χ1v) is 5.23. The van der Waals surface area contributed by atoms with Crippen LogP contribution in [-0.2, 0) is 0 Å². The van der Waals surface area contributed by atoms with Crippen molar-refractivity contribution >= 4 is 0 Å². The Morgan fingerprint density at radius 1 is 1.33 bits per heavy atom. The summed E-state index contributed by atoms with van der Waals surface area (Å²) in [6.07, 6.45) is 0. The molecule has 0 amide bonds. The van der Waals surface area contributed by atoms with E-state index in [1.54, 1.807) is 12.1 Å². The first-order chi connectivity index (χ1) is 7.15. The predicted octanol–water partition coefficient (Wildman–Crippen LogP) is 2.10. The van der Waals surface area contributed by atoms with Crippen molar-refractivity contribution < 1.29 is 9.50 Å². The van der Waals surface area contributed by atoms with Crippen LogP contribution >= 0.6 is 0 Å². The number of aliphatic hydroxyl groups is 1. The van der Waals surface area contributed by atoms with E-state index in [-0.39, 0.29) is 24.4 Å². The fourth-order valence-electron chi connectivity index (χ4n) is 1.38. The van der Waals surface area contributed by atoms with E-state index in [4.69, 9.17) is 5.11 Å². The van der Waals surface area contributed by atoms with Crippen molar-refractivity contribution in [1.82, 2.24) is 5.32 Å². The van der Waals surface area contributed by atoms with E-state index in [2.05, 4.69) is 5.32 Å². The smallest absolute Gasteiger partial charge is 0.127 e. The van der Waals surface area contributed by atoms with E-state index < -0.39 is 0 Å². The summed E-state index contributed by atoms with van der Waals surface area (Å²) in [4.78, 5) is 0. The Labute approximate surface area is 90.1 Å². The Bertz CT molecular complexity index is 303. The van der Waals surface area contributed by atoms with Gasteiger partial charge in [0.15, 0.2) is 0 Å². The van der Waals surface area contributed by atoms with Gasteiger partial charge in [-0.05, 0) is 18.9 Å². The molecule has 0 heterocycles. The quantitative estimate of drug-likeness (QED) is 0.781. The molecule has 2 N–H and O–H groups in total. The van der Waals surface area contributed by atoms with Crippen molar-refractivity contribution in [3.63, 3.8) is 0 Å². The van der Waals surface area contributed by atoms with Crippen LogP contribution in [0.4, 0.5) is 4.39 Å². The second-order valence-electron chi connectivity index (χ2n) is 3.94. The van der Waals surface area contributed by atoms with Crippen molar-refractivity contribution in [1.29, 1.82) is 0 Å². The highest BCUT2D eigenvalue weighted by Gasteiger charge is 2.10. The van der Waals surface area contributed by atoms with E-state index in [1.807, 2.05) is 19.9 Å². The van der Waals surface area contributed by atoms with Crippen LogP contribution in [0.15, 0.2) is 24.3 Å². The minimum Gasteiger partial charge on any atom is -0.396 e.